The van der Waals surface area contributed by atoms with Crippen molar-refractivity contribution in [2.45, 2.75) is 13.8 Å². The molecule has 0 bridgehead atoms. The van der Waals surface area contributed by atoms with Gasteiger partial charge in [-0.2, -0.15) is 0 Å². The van der Waals surface area contributed by atoms with E-state index in [0.717, 1.165) is 27.6 Å². The summed E-state index contributed by atoms with van der Waals surface area (Å²) >= 11 is 6.00. The molecule has 3 aromatic carbocycles. The van der Waals surface area contributed by atoms with E-state index in [9.17, 15) is 4.79 Å². The zero-order chi connectivity index (χ0) is 19.7. The molecule has 0 amide bonds. The van der Waals surface area contributed by atoms with Crippen LogP contribution in [0, 0.1) is 13.8 Å². The van der Waals surface area contributed by atoms with Crippen LogP contribution in [0.5, 0.6) is 5.75 Å². The first-order chi connectivity index (χ1) is 13.5. The quantitative estimate of drug-likeness (QED) is 0.302. The first-order valence-electron chi connectivity index (χ1n) is 8.97. The lowest BCUT2D eigenvalue weighted by Crippen LogP contribution is -2.11. The molecule has 0 atom stereocenters. The van der Waals surface area contributed by atoms with Crippen LogP contribution in [0.3, 0.4) is 0 Å². The average Bonchev–Trinajstić information content (AvgIpc) is 2.70. The van der Waals surface area contributed by atoms with Gasteiger partial charge in [0.2, 0.25) is 0 Å². The van der Waals surface area contributed by atoms with Crippen molar-refractivity contribution in [2.24, 2.45) is 0 Å². The van der Waals surface area contributed by atoms with E-state index < -0.39 is 5.97 Å². The van der Waals surface area contributed by atoms with Gasteiger partial charge in [-0.15, -0.1) is 0 Å². The zero-order valence-electron chi connectivity index (χ0n) is 15.6. The normalized spacial score (nSPS) is 10.8. The second-order valence-corrected chi connectivity index (χ2v) is 7.13. The second kappa shape index (κ2) is 7.45. The van der Waals surface area contributed by atoms with Gasteiger partial charge in [0.25, 0.3) is 0 Å². The third-order valence-electron chi connectivity index (χ3n) is 4.68. The Morgan fingerprint density at radius 1 is 0.893 bits per heavy atom. The first-order valence-corrected chi connectivity index (χ1v) is 9.35. The Morgan fingerprint density at radius 3 is 2.29 bits per heavy atom. The highest BCUT2D eigenvalue weighted by atomic mass is 35.5. The van der Waals surface area contributed by atoms with Crippen LogP contribution < -0.4 is 4.74 Å². The molecule has 0 unspecified atom stereocenters. The predicted octanol–water partition coefficient (Wildman–Crippen LogP) is 6.39. The Balaban J connectivity index is 1.83. The highest BCUT2D eigenvalue weighted by Gasteiger charge is 2.17. The SMILES string of the molecule is Cc1cccc(C)c1OC(=O)c1cc(-c2ccc(Cl)cc2)nc2ccccc12. The monoisotopic (exact) mass is 387 g/mol. The number of hydrogen-bond acceptors (Lipinski definition) is 3. The summed E-state index contributed by atoms with van der Waals surface area (Å²) in [6, 6.07) is 22.6. The van der Waals surface area contributed by atoms with E-state index in [-0.39, 0.29) is 0 Å². The van der Waals surface area contributed by atoms with Crippen LogP contribution in [0.15, 0.2) is 72.8 Å². The molecule has 0 spiro atoms. The van der Waals surface area contributed by atoms with Crippen LogP contribution >= 0.6 is 11.6 Å². The maximum atomic E-state index is 13.1. The number of carbonyl (C=O) groups excluding carboxylic acids is 1. The van der Waals surface area contributed by atoms with Gasteiger partial charge in [-0.3, -0.25) is 0 Å². The molecule has 0 fully saturated rings. The number of aromatic nitrogens is 1. The molecule has 0 aliphatic heterocycles. The number of aryl methyl sites for hydroxylation is 2. The lowest BCUT2D eigenvalue weighted by molar-refractivity contribution is 0.0734. The number of esters is 1. The maximum Gasteiger partial charge on any atom is 0.344 e. The lowest BCUT2D eigenvalue weighted by Gasteiger charge is -2.13. The summed E-state index contributed by atoms with van der Waals surface area (Å²) in [5.74, 6) is 0.202. The number of halogens is 1. The van der Waals surface area contributed by atoms with E-state index >= 15 is 0 Å². The average molecular weight is 388 g/mol. The molecule has 3 nitrogen and oxygen atoms in total. The number of carbonyl (C=O) groups is 1. The fourth-order valence-electron chi connectivity index (χ4n) is 3.22. The molecule has 0 aliphatic carbocycles. The largest absolute Gasteiger partial charge is 0.422 e. The van der Waals surface area contributed by atoms with Gasteiger partial charge < -0.3 is 4.74 Å². The van der Waals surface area contributed by atoms with Crippen molar-refractivity contribution in [2.75, 3.05) is 0 Å². The zero-order valence-corrected chi connectivity index (χ0v) is 16.3. The van der Waals surface area contributed by atoms with Crippen LogP contribution in [-0.2, 0) is 0 Å². The van der Waals surface area contributed by atoms with Crippen LogP contribution in [0.25, 0.3) is 22.2 Å². The van der Waals surface area contributed by atoms with Crippen molar-refractivity contribution < 1.29 is 9.53 Å². The van der Waals surface area contributed by atoms with E-state index in [1.165, 1.54) is 0 Å². The molecule has 0 saturated heterocycles. The van der Waals surface area contributed by atoms with Crippen molar-refractivity contribution in [1.29, 1.82) is 0 Å². The van der Waals surface area contributed by atoms with Crippen LogP contribution in [0.2, 0.25) is 5.02 Å². The van der Waals surface area contributed by atoms with E-state index in [2.05, 4.69) is 0 Å². The summed E-state index contributed by atoms with van der Waals surface area (Å²) < 4.78 is 5.79. The molecule has 0 N–H and O–H groups in total. The maximum absolute atomic E-state index is 13.1. The van der Waals surface area contributed by atoms with E-state index in [0.29, 0.717) is 22.0 Å². The van der Waals surface area contributed by atoms with Gasteiger partial charge in [0.15, 0.2) is 0 Å². The van der Waals surface area contributed by atoms with Gasteiger partial charge in [0, 0.05) is 16.0 Å². The van der Waals surface area contributed by atoms with E-state index in [4.69, 9.17) is 21.3 Å². The summed E-state index contributed by atoms with van der Waals surface area (Å²) in [5, 5.41) is 1.41. The molecule has 0 saturated carbocycles. The summed E-state index contributed by atoms with van der Waals surface area (Å²) in [6.45, 7) is 3.86. The molecular formula is C24H18ClNO2. The molecule has 0 aliphatic rings. The Hall–Kier alpha value is -3.17. The number of fused-ring (bicyclic) bond motifs is 1. The van der Waals surface area contributed by atoms with Gasteiger partial charge >= 0.3 is 5.97 Å². The number of benzene rings is 3. The third kappa shape index (κ3) is 3.49. The van der Waals surface area contributed by atoms with Crippen LogP contribution in [0.4, 0.5) is 0 Å². The summed E-state index contributed by atoms with van der Waals surface area (Å²) in [5.41, 5.74) is 4.65. The van der Waals surface area contributed by atoms with Gasteiger partial charge in [-0.05, 0) is 49.2 Å². The third-order valence-corrected chi connectivity index (χ3v) is 4.93. The van der Waals surface area contributed by atoms with Gasteiger partial charge in [0.1, 0.15) is 5.75 Å². The number of rotatable bonds is 3. The number of ether oxygens (including phenoxy) is 1. The number of hydrogen-bond donors (Lipinski definition) is 0. The summed E-state index contributed by atoms with van der Waals surface area (Å²) in [7, 11) is 0. The minimum absolute atomic E-state index is 0.397. The predicted molar refractivity (Wildman–Crippen MR) is 113 cm³/mol. The van der Waals surface area contributed by atoms with Crippen molar-refractivity contribution in [1.82, 2.24) is 4.98 Å². The van der Waals surface area contributed by atoms with Gasteiger partial charge in [-0.1, -0.05) is 60.1 Å². The lowest BCUT2D eigenvalue weighted by atomic mass is 10.0. The fraction of sp³-hybridized carbons (Fsp3) is 0.0833. The Labute approximate surface area is 168 Å². The first kappa shape index (κ1) is 18.2. The molecule has 1 heterocycles. The minimum atomic E-state index is -0.397. The second-order valence-electron chi connectivity index (χ2n) is 6.69. The number of pyridine rings is 1. The van der Waals surface area contributed by atoms with Crippen LogP contribution in [0.1, 0.15) is 21.5 Å². The fourth-order valence-corrected chi connectivity index (χ4v) is 3.35. The topological polar surface area (TPSA) is 39.2 Å². The van der Waals surface area contributed by atoms with Crippen molar-refractivity contribution >= 4 is 28.5 Å². The molecule has 28 heavy (non-hydrogen) atoms. The highest BCUT2D eigenvalue weighted by molar-refractivity contribution is 6.30. The van der Waals surface area contributed by atoms with E-state index in [1.807, 2.05) is 80.6 Å². The van der Waals surface area contributed by atoms with Crippen molar-refractivity contribution in [3.63, 3.8) is 0 Å². The molecule has 138 valence electrons. The van der Waals surface area contributed by atoms with Crippen LogP contribution in [-0.4, -0.2) is 11.0 Å². The van der Waals surface area contributed by atoms with Crippen molar-refractivity contribution in [3.8, 4) is 17.0 Å². The molecule has 0 radical (unpaired) electrons. The Bertz CT molecular complexity index is 1160. The minimum Gasteiger partial charge on any atom is -0.422 e. The van der Waals surface area contributed by atoms with E-state index in [1.54, 1.807) is 6.07 Å². The molecule has 4 aromatic rings. The molecular weight excluding hydrogens is 370 g/mol. The summed E-state index contributed by atoms with van der Waals surface area (Å²) in [6.07, 6.45) is 0. The van der Waals surface area contributed by atoms with Gasteiger partial charge in [0.05, 0.1) is 16.8 Å². The standard InChI is InChI=1S/C24H18ClNO2/c1-15-6-5-7-16(2)23(15)28-24(27)20-14-22(17-10-12-18(25)13-11-17)26-21-9-4-3-8-19(20)21/h3-14H,1-2H3. The summed E-state index contributed by atoms with van der Waals surface area (Å²) in [4.78, 5) is 17.8. The highest BCUT2D eigenvalue weighted by Crippen LogP contribution is 2.28. The Kier molecular flexibility index (Phi) is 4.84. The number of para-hydroxylation sites is 2. The molecule has 1 aromatic heterocycles. The molecule has 4 heteroatoms. The van der Waals surface area contributed by atoms with Crippen molar-refractivity contribution in [3.05, 3.63) is 94.5 Å². The van der Waals surface area contributed by atoms with Gasteiger partial charge in [-0.25, -0.2) is 9.78 Å². The molecule has 4 rings (SSSR count). The smallest absolute Gasteiger partial charge is 0.344 e. The number of nitrogens with zero attached hydrogens (tertiary/aromatic N) is 1. The Morgan fingerprint density at radius 2 is 1.57 bits per heavy atom.